The maximum atomic E-state index is 15.1. The Balaban J connectivity index is 1.44. The molecule has 0 spiro atoms. The summed E-state index contributed by atoms with van der Waals surface area (Å²) in [5.74, 6) is -0.128. The second kappa shape index (κ2) is 8.02. The number of nitrogens with one attached hydrogen (secondary N) is 4. The highest BCUT2D eigenvalue weighted by Gasteiger charge is 2.37. The molecule has 1 amide bonds. The Bertz CT molecular complexity index is 989. The van der Waals surface area contributed by atoms with Crippen molar-refractivity contribution in [3.63, 3.8) is 0 Å². The van der Waals surface area contributed by atoms with Crippen LogP contribution in [0.5, 0.6) is 0 Å². The first-order valence-electron chi connectivity index (χ1n) is 9.41. The Morgan fingerprint density at radius 2 is 1.97 bits per heavy atom. The van der Waals surface area contributed by atoms with Crippen molar-refractivity contribution >= 4 is 17.3 Å². The number of nitrogens with zero attached hydrogens (tertiary/aromatic N) is 2. The lowest BCUT2D eigenvalue weighted by atomic mass is 10.0. The Morgan fingerprint density at radius 1 is 1.17 bits per heavy atom. The molecule has 0 saturated carbocycles. The first-order valence-corrected chi connectivity index (χ1v) is 9.41. The van der Waals surface area contributed by atoms with Gasteiger partial charge in [-0.2, -0.15) is 5.10 Å². The minimum Gasteiger partial charge on any atom is -0.366 e. The van der Waals surface area contributed by atoms with Gasteiger partial charge in [-0.1, -0.05) is 12.1 Å². The molecule has 4 N–H and O–H groups in total. The minimum atomic E-state index is -1.18. The van der Waals surface area contributed by atoms with E-state index < -0.39 is 18.4 Å². The van der Waals surface area contributed by atoms with E-state index in [0.717, 1.165) is 22.5 Å². The van der Waals surface area contributed by atoms with Crippen LogP contribution in [-0.4, -0.2) is 28.0 Å². The van der Waals surface area contributed by atoms with Crippen LogP contribution in [-0.2, 0) is 4.79 Å². The number of rotatable bonds is 5. The number of amides is 1. The molecule has 1 aromatic heterocycles. The van der Waals surface area contributed by atoms with Gasteiger partial charge in [0.2, 0.25) is 5.91 Å². The number of anilines is 2. The number of hydrogen-bond acceptors (Lipinski definition) is 5. The molecule has 3 aromatic rings. The lowest BCUT2D eigenvalue weighted by Gasteiger charge is -2.20. The molecule has 0 aliphatic carbocycles. The zero-order chi connectivity index (χ0) is 20.4. The molecule has 3 unspecified atom stereocenters. The van der Waals surface area contributed by atoms with E-state index in [4.69, 9.17) is 0 Å². The van der Waals surface area contributed by atoms with Gasteiger partial charge in [0.25, 0.3) is 0 Å². The summed E-state index contributed by atoms with van der Waals surface area (Å²) >= 11 is 0. The quantitative estimate of drug-likeness (QED) is 0.535. The van der Waals surface area contributed by atoms with Crippen molar-refractivity contribution in [3.8, 4) is 5.69 Å². The normalized spacial score (nSPS) is 21.1. The number of hydrazine groups is 1. The molecular formula is C21H23FN6O. The molecule has 2 aromatic carbocycles. The first-order chi connectivity index (χ1) is 14.0. The summed E-state index contributed by atoms with van der Waals surface area (Å²) in [6, 6.07) is 14.5. The largest absolute Gasteiger partial charge is 0.366 e. The molecule has 0 bridgehead atoms. The van der Waals surface area contributed by atoms with Gasteiger partial charge in [0.05, 0.1) is 11.7 Å². The third kappa shape index (κ3) is 4.13. The van der Waals surface area contributed by atoms with Gasteiger partial charge in [-0.25, -0.2) is 19.9 Å². The molecule has 3 atom stereocenters. The van der Waals surface area contributed by atoms with Crippen LogP contribution >= 0.6 is 0 Å². The lowest BCUT2D eigenvalue weighted by molar-refractivity contribution is -0.114. The van der Waals surface area contributed by atoms with E-state index in [0.29, 0.717) is 5.69 Å². The second-order valence-corrected chi connectivity index (χ2v) is 7.09. The highest BCUT2D eigenvalue weighted by molar-refractivity contribution is 5.89. The Labute approximate surface area is 168 Å². The van der Waals surface area contributed by atoms with Crippen LogP contribution in [0.15, 0.2) is 60.9 Å². The molecule has 8 heteroatoms. The first kappa shape index (κ1) is 19.1. The van der Waals surface area contributed by atoms with Crippen LogP contribution in [0, 0.1) is 6.92 Å². The van der Waals surface area contributed by atoms with E-state index in [9.17, 15) is 4.79 Å². The summed E-state index contributed by atoms with van der Waals surface area (Å²) in [7, 11) is 0. The molecule has 4 rings (SSSR count). The zero-order valence-electron chi connectivity index (χ0n) is 16.2. The van der Waals surface area contributed by atoms with E-state index >= 15 is 4.39 Å². The number of carbonyl (C=O) groups excluding carboxylic acids is 1. The van der Waals surface area contributed by atoms with Gasteiger partial charge in [0.1, 0.15) is 6.17 Å². The van der Waals surface area contributed by atoms with Gasteiger partial charge >= 0.3 is 0 Å². The van der Waals surface area contributed by atoms with Crippen LogP contribution in [0.25, 0.3) is 5.69 Å². The van der Waals surface area contributed by atoms with E-state index in [1.54, 1.807) is 16.9 Å². The molecule has 29 heavy (non-hydrogen) atoms. The Hall–Kier alpha value is -3.23. The molecule has 1 aliphatic rings. The summed E-state index contributed by atoms with van der Waals surface area (Å²) in [5.41, 5.74) is 10.2. The summed E-state index contributed by atoms with van der Waals surface area (Å²) in [5, 5.41) is 10.1. The fraction of sp³-hybridized carbons (Fsp3) is 0.238. The van der Waals surface area contributed by atoms with Crippen LogP contribution in [0.4, 0.5) is 15.8 Å². The van der Waals surface area contributed by atoms with Gasteiger partial charge in [-0.15, -0.1) is 0 Å². The monoisotopic (exact) mass is 394 g/mol. The molecule has 2 heterocycles. The third-order valence-corrected chi connectivity index (χ3v) is 4.91. The lowest BCUT2D eigenvalue weighted by Crippen LogP contribution is -2.39. The fourth-order valence-electron chi connectivity index (χ4n) is 3.44. The molecular weight excluding hydrogens is 371 g/mol. The molecule has 1 saturated heterocycles. The van der Waals surface area contributed by atoms with Gasteiger partial charge in [-0.05, 0) is 54.4 Å². The molecule has 7 nitrogen and oxygen atoms in total. The molecule has 0 radical (unpaired) electrons. The van der Waals surface area contributed by atoms with Crippen LogP contribution < -0.4 is 21.5 Å². The van der Waals surface area contributed by atoms with E-state index in [-0.39, 0.29) is 5.91 Å². The van der Waals surface area contributed by atoms with Crippen molar-refractivity contribution in [2.75, 3.05) is 10.6 Å². The van der Waals surface area contributed by atoms with Crippen LogP contribution in [0.3, 0.4) is 0 Å². The van der Waals surface area contributed by atoms with Crippen LogP contribution in [0.1, 0.15) is 24.1 Å². The van der Waals surface area contributed by atoms with E-state index in [1.165, 1.54) is 6.92 Å². The number of alkyl halides is 1. The maximum Gasteiger partial charge on any atom is 0.221 e. The summed E-state index contributed by atoms with van der Waals surface area (Å²) in [6.45, 7) is 3.37. The summed E-state index contributed by atoms with van der Waals surface area (Å²) in [4.78, 5) is 11.2. The highest BCUT2D eigenvalue weighted by Crippen LogP contribution is 2.28. The van der Waals surface area contributed by atoms with Crippen molar-refractivity contribution in [2.24, 2.45) is 0 Å². The average Bonchev–Trinajstić information content (AvgIpc) is 3.34. The molecule has 1 fully saturated rings. The number of benzene rings is 2. The third-order valence-electron chi connectivity index (χ3n) is 4.91. The SMILES string of the molecule is CC(=O)Nc1ccc(NC2NNC(c3ccc(-n4cccn4)cc3)C2F)c(C)c1. The van der Waals surface area contributed by atoms with Gasteiger partial charge in [-0.3, -0.25) is 4.79 Å². The summed E-state index contributed by atoms with van der Waals surface area (Å²) < 4.78 is 16.9. The second-order valence-electron chi connectivity index (χ2n) is 7.09. The smallest absolute Gasteiger partial charge is 0.221 e. The number of aryl methyl sites for hydroxylation is 1. The van der Waals surface area contributed by atoms with Gasteiger partial charge < -0.3 is 10.6 Å². The minimum absolute atomic E-state index is 0.128. The maximum absolute atomic E-state index is 15.1. The predicted molar refractivity (Wildman–Crippen MR) is 110 cm³/mol. The number of carbonyl (C=O) groups is 1. The zero-order valence-corrected chi connectivity index (χ0v) is 16.2. The average molecular weight is 394 g/mol. The number of hydrogen-bond donors (Lipinski definition) is 4. The van der Waals surface area contributed by atoms with Crippen LogP contribution in [0.2, 0.25) is 0 Å². The van der Waals surface area contributed by atoms with E-state index in [2.05, 4.69) is 26.6 Å². The van der Waals surface area contributed by atoms with Crippen molar-refractivity contribution in [1.29, 1.82) is 0 Å². The predicted octanol–water partition coefficient (Wildman–Crippen LogP) is 3.06. The topological polar surface area (TPSA) is 83.0 Å². The number of halogens is 1. The number of aromatic nitrogens is 2. The molecule has 1 aliphatic heterocycles. The van der Waals surface area contributed by atoms with E-state index in [1.807, 2.05) is 55.6 Å². The Kier molecular flexibility index (Phi) is 5.28. The fourth-order valence-corrected chi connectivity index (χ4v) is 3.44. The van der Waals surface area contributed by atoms with Crippen molar-refractivity contribution in [1.82, 2.24) is 20.6 Å². The summed E-state index contributed by atoms with van der Waals surface area (Å²) in [6.07, 6.45) is 1.81. The molecule has 150 valence electrons. The van der Waals surface area contributed by atoms with Crippen molar-refractivity contribution in [3.05, 3.63) is 72.1 Å². The standard InChI is InChI=1S/C21H23FN6O/c1-13-12-16(24-14(2)29)6-9-18(13)25-21-19(22)20(26-27-21)15-4-7-17(8-5-15)28-11-3-10-23-28/h3-12,19-21,25-27H,1-2H3,(H,24,29). The van der Waals surface area contributed by atoms with Crippen molar-refractivity contribution < 1.29 is 9.18 Å². The van der Waals surface area contributed by atoms with Gasteiger partial charge in [0.15, 0.2) is 6.17 Å². The van der Waals surface area contributed by atoms with Crippen molar-refractivity contribution in [2.45, 2.75) is 32.2 Å². The Morgan fingerprint density at radius 3 is 2.62 bits per heavy atom. The highest BCUT2D eigenvalue weighted by atomic mass is 19.1. The van der Waals surface area contributed by atoms with Gasteiger partial charge in [0, 0.05) is 30.7 Å².